The van der Waals surface area contributed by atoms with Gasteiger partial charge in [0.25, 0.3) is 0 Å². The zero-order chi connectivity index (χ0) is 9.68. The van der Waals surface area contributed by atoms with Crippen LogP contribution in [0.1, 0.15) is 30.9 Å². The molecule has 0 spiro atoms. The van der Waals surface area contributed by atoms with Gasteiger partial charge in [0.2, 0.25) is 0 Å². The van der Waals surface area contributed by atoms with Gasteiger partial charge < -0.3 is 0 Å². The largest absolute Gasteiger partial charge is 0.264 e. The average molecular weight is 242 g/mol. The van der Waals surface area contributed by atoms with E-state index in [0.717, 1.165) is 6.42 Å². The van der Waals surface area contributed by atoms with Crippen molar-refractivity contribution >= 4 is 15.9 Å². The molecule has 0 amide bonds. The van der Waals surface area contributed by atoms with Gasteiger partial charge >= 0.3 is 0 Å². The van der Waals surface area contributed by atoms with Crippen LogP contribution in [-0.2, 0) is 6.42 Å². The van der Waals surface area contributed by atoms with Crippen molar-refractivity contribution in [3.63, 3.8) is 0 Å². The molecule has 0 bridgehead atoms. The molecule has 0 aromatic carbocycles. The summed E-state index contributed by atoms with van der Waals surface area (Å²) in [4.78, 5) is 4.82. The number of alkyl halides is 1. The molecule has 0 fully saturated rings. The van der Waals surface area contributed by atoms with Crippen LogP contribution in [-0.4, -0.2) is 9.81 Å². The highest BCUT2D eigenvalue weighted by molar-refractivity contribution is 9.09. The Morgan fingerprint density at radius 1 is 1.46 bits per heavy atom. The summed E-state index contributed by atoms with van der Waals surface area (Å²) >= 11 is 3.63. The summed E-state index contributed by atoms with van der Waals surface area (Å²) in [6.45, 7) is 4.29. The SMILES string of the molecule is CCC(Br)CCc1cncc(C)c1. The Morgan fingerprint density at radius 3 is 2.85 bits per heavy atom. The maximum atomic E-state index is 4.17. The number of hydrogen-bond acceptors (Lipinski definition) is 1. The molecule has 13 heavy (non-hydrogen) atoms. The van der Waals surface area contributed by atoms with Crippen molar-refractivity contribution in [1.29, 1.82) is 0 Å². The summed E-state index contributed by atoms with van der Waals surface area (Å²) in [5.74, 6) is 0. The van der Waals surface area contributed by atoms with E-state index in [2.05, 4.69) is 40.8 Å². The predicted octanol–water partition coefficient (Wildman–Crippen LogP) is 3.50. The zero-order valence-corrected chi connectivity index (χ0v) is 9.84. The Balaban J connectivity index is 2.45. The van der Waals surface area contributed by atoms with Crippen molar-refractivity contribution in [3.8, 4) is 0 Å². The molecule has 0 aliphatic carbocycles. The molecule has 1 aromatic heterocycles. The third kappa shape index (κ3) is 3.90. The third-order valence-electron chi connectivity index (χ3n) is 2.12. The van der Waals surface area contributed by atoms with Crippen LogP contribution in [0.15, 0.2) is 18.5 Å². The Hall–Kier alpha value is -0.370. The van der Waals surface area contributed by atoms with Gasteiger partial charge in [0.05, 0.1) is 0 Å². The third-order valence-corrected chi connectivity index (χ3v) is 3.23. The van der Waals surface area contributed by atoms with Crippen molar-refractivity contribution in [2.75, 3.05) is 0 Å². The lowest BCUT2D eigenvalue weighted by Gasteiger charge is -2.06. The summed E-state index contributed by atoms with van der Waals surface area (Å²) < 4.78 is 0. The van der Waals surface area contributed by atoms with E-state index < -0.39 is 0 Å². The van der Waals surface area contributed by atoms with Gasteiger partial charge in [0.15, 0.2) is 0 Å². The molecule has 1 aromatic rings. The van der Waals surface area contributed by atoms with Crippen LogP contribution in [0.2, 0.25) is 0 Å². The second-order valence-electron chi connectivity index (χ2n) is 3.41. The number of aryl methyl sites for hydroxylation is 2. The molecule has 0 saturated heterocycles. The first-order valence-corrected chi connectivity index (χ1v) is 5.68. The topological polar surface area (TPSA) is 12.9 Å². The Morgan fingerprint density at radius 2 is 2.23 bits per heavy atom. The smallest absolute Gasteiger partial charge is 0.0300 e. The van der Waals surface area contributed by atoms with Gasteiger partial charge in [-0.2, -0.15) is 0 Å². The lowest BCUT2D eigenvalue weighted by molar-refractivity contribution is 0.744. The van der Waals surface area contributed by atoms with E-state index in [1.807, 2.05) is 12.4 Å². The molecule has 0 saturated carbocycles. The van der Waals surface area contributed by atoms with Gasteiger partial charge in [0.1, 0.15) is 0 Å². The molecule has 0 aliphatic rings. The normalized spacial score (nSPS) is 12.8. The van der Waals surface area contributed by atoms with Crippen LogP contribution in [0.5, 0.6) is 0 Å². The second kappa shape index (κ2) is 5.38. The Bertz CT molecular complexity index is 260. The predicted molar refractivity (Wildman–Crippen MR) is 60.3 cm³/mol. The first-order chi connectivity index (χ1) is 6.22. The molecule has 1 nitrogen and oxygen atoms in total. The monoisotopic (exact) mass is 241 g/mol. The molecule has 2 heteroatoms. The van der Waals surface area contributed by atoms with Gasteiger partial charge in [-0.05, 0) is 37.3 Å². The van der Waals surface area contributed by atoms with E-state index in [-0.39, 0.29) is 0 Å². The number of halogens is 1. The summed E-state index contributed by atoms with van der Waals surface area (Å²) in [5, 5.41) is 0. The molecule has 0 aliphatic heterocycles. The van der Waals surface area contributed by atoms with Crippen molar-refractivity contribution in [2.45, 2.75) is 37.9 Å². The quantitative estimate of drug-likeness (QED) is 0.736. The van der Waals surface area contributed by atoms with Gasteiger partial charge in [-0.3, -0.25) is 4.98 Å². The fourth-order valence-electron chi connectivity index (χ4n) is 1.28. The minimum Gasteiger partial charge on any atom is -0.264 e. The number of hydrogen-bond donors (Lipinski definition) is 0. The highest BCUT2D eigenvalue weighted by atomic mass is 79.9. The lowest BCUT2D eigenvalue weighted by Crippen LogP contribution is -1.98. The van der Waals surface area contributed by atoms with Crippen LogP contribution < -0.4 is 0 Å². The van der Waals surface area contributed by atoms with E-state index in [4.69, 9.17) is 0 Å². The van der Waals surface area contributed by atoms with E-state index in [9.17, 15) is 0 Å². The van der Waals surface area contributed by atoms with Gasteiger partial charge in [-0.25, -0.2) is 0 Å². The minimum absolute atomic E-state index is 0.646. The molecule has 1 atom stereocenters. The number of rotatable bonds is 4. The maximum absolute atomic E-state index is 4.17. The summed E-state index contributed by atoms with van der Waals surface area (Å²) in [7, 11) is 0. The molecule has 1 rings (SSSR count). The standard InChI is InChI=1S/C11H16BrN/c1-3-11(12)5-4-10-6-9(2)7-13-8-10/h6-8,11H,3-5H2,1-2H3. The first kappa shape index (κ1) is 10.7. The number of pyridine rings is 1. The van der Waals surface area contributed by atoms with E-state index >= 15 is 0 Å². The highest BCUT2D eigenvalue weighted by Gasteiger charge is 2.01. The molecular weight excluding hydrogens is 226 g/mol. The number of nitrogens with zero attached hydrogens (tertiary/aromatic N) is 1. The van der Waals surface area contributed by atoms with Crippen LogP contribution in [0.3, 0.4) is 0 Å². The molecule has 0 radical (unpaired) electrons. The lowest BCUT2D eigenvalue weighted by atomic mass is 10.1. The molecular formula is C11H16BrN. The van der Waals surface area contributed by atoms with E-state index in [0.29, 0.717) is 4.83 Å². The highest BCUT2D eigenvalue weighted by Crippen LogP contribution is 2.13. The Kier molecular flexibility index (Phi) is 4.43. The molecule has 0 N–H and O–H groups in total. The van der Waals surface area contributed by atoms with Crippen molar-refractivity contribution < 1.29 is 0 Å². The molecule has 72 valence electrons. The molecule has 1 heterocycles. The van der Waals surface area contributed by atoms with E-state index in [1.165, 1.54) is 24.0 Å². The van der Waals surface area contributed by atoms with E-state index in [1.54, 1.807) is 0 Å². The van der Waals surface area contributed by atoms with Gasteiger partial charge in [-0.15, -0.1) is 0 Å². The van der Waals surface area contributed by atoms with Crippen LogP contribution in [0, 0.1) is 6.92 Å². The van der Waals surface area contributed by atoms with Crippen molar-refractivity contribution in [2.24, 2.45) is 0 Å². The van der Waals surface area contributed by atoms with Crippen LogP contribution >= 0.6 is 15.9 Å². The minimum atomic E-state index is 0.646. The fourth-order valence-corrected chi connectivity index (χ4v) is 1.51. The maximum Gasteiger partial charge on any atom is 0.0300 e. The van der Waals surface area contributed by atoms with Crippen molar-refractivity contribution in [3.05, 3.63) is 29.6 Å². The van der Waals surface area contributed by atoms with Gasteiger partial charge in [0, 0.05) is 17.2 Å². The Labute approximate surface area is 88.7 Å². The fraction of sp³-hybridized carbons (Fsp3) is 0.545. The summed E-state index contributed by atoms with van der Waals surface area (Å²) in [5.41, 5.74) is 2.60. The van der Waals surface area contributed by atoms with Crippen molar-refractivity contribution in [1.82, 2.24) is 4.98 Å². The average Bonchev–Trinajstić information content (AvgIpc) is 2.14. The van der Waals surface area contributed by atoms with Gasteiger partial charge in [-0.1, -0.05) is 28.9 Å². The zero-order valence-electron chi connectivity index (χ0n) is 8.26. The molecule has 1 unspecified atom stereocenters. The first-order valence-electron chi connectivity index (χ1n) is 4.77. The second-order valence-corrected chi connectivity index (χ2v) is 4.71. The summed E-state index contributed by atoms with van der Waals surface area (Å²) in [6.07, 6.45) is 7.37. The number of aromatic nitrogens is 1. The van der Waals surface area contributed by atoms with Crippen LogP contribution in [0.25, 0.3) is 0 Å². The summed E-state index contributed by atoms with van der Waals surface area (Å²) in [6, 6.07) is 2.21. The van der Waals surface area contributed by atoms with Crippen LogP contribution in [0.4, 0.5) is 0 Å².